The molecule has 8 heteroatoms. The van der Waals surface area contributed by atoms with Gasteiger partial charge in [0.2, 0.25) is 0 Å². The number of carboxylic acid groups (broad SMARTS) is 2. The first-order valence-corrected chi connectivity index (χ1v) is 9.84. The first-order chi connectivity index (χ1) is 13.7. The molecular weight excluding hydrogens is 417 g/mol. The molecule has 2 aromatic rings. The van der Waals surface area contributed by atoms with Gasteiger partial charge in [0.25, 0.3) is 0 Å². The van der Waals surface area contributed by atoms with Crippen LogP contribution >= 0.6 is 23.2 Å². The van der Waals surface area contributed by atoms with Gasteiger partial charge in [-0.05, 0) is 48.2 Å². The normalized spacial score (nSPS) is 13.1. The van der Waals surface area contributed by atoms with Crippen molar-refractivity contribution >= 4 is 35.1 Å². The van der Waals surface area contributed by atoms with Crippen LogP contribution < -0.4 is 10.1 Å². The fourth-order valence-corrected chi connectivity index (χ4v) is 3.35. The van der Waals surface area contributed by atoms with E-state index in [0.717, 1.165) is 0 Å². The second kappa shape index (κ2) is 10.5. The van der Waals surface area contributed by atoms with Crippen LogP contribution in [0.1, 0.15) is 31.7 Å². The Bertz CT molecular complexity index is 834. The molecule has 0 heterocycles. The number of aliphatic carboxylic acids is 2. The Kier molecular flexibility index (Phi) is 8.32. The molecule has 2 aromatic carbocycles. The molecule has 6 nitrogen and oxygen atoms in total. The number of ether oxygens (including phenoxy) is 1. The first kappa shape index (κ1) is 23.0. The monoisotopic (exact) mass is 439 g/mol. The number of rotatable bonds is 10. The Morgan fingerprint density at radius 2 is 1.55 bits per heavy atom. The molecule has 156 valence electrons. The van der Waals surface area contributed by atoms with E-state index in [2.05, 4.69) is 5.32 Å². The van der Waals surface area contributed by atoms with Gasteiger partial charge >= 0.3 is 11.9 Å². The topological polar surface area (TPSA) is 95.9 Å². The first-order valence-electron chi connectivity index (χ1n) is 9.08. The van der Waals surface area contributed by atoms with Gasteiger partial charge < -0.3 is 20.3 Å². The fourth-order valence-electron chi connectivity index (χ4n) is 2.84. The number of carboxylic acids is 2. The van der Waals surface area contributed by atoms with E-state index in [9.17, 15) is 19.8 Å². The van der Waals surface area contributed by atoms with Crippen LogP contribution in [0.3, 0.4) is 0 Å². The van der Waals surface area contributed by atoms with Crippen LogP contribution in [-0.2, 0) is 9.59 Å². The molecule has 0 aliphatic rings. The minimum Gasteiger partial charge on any atom is -0.481 e. The van der Waals surface area contributed by atoms with Crippen molar-refractivity contribution in [3.05, 3.63) is 58.1 Å². The smallest absolute Gasteiger partial charge is 0.320 e. The predicted molar refractivity (Wildman–Crippen MR) is 112 cm³/mol. The summed E-state index contributed by atoms with van der Waals surface area (Å²) in [5, 5.41) is 22.6. The standard InChI is InChI=1S/C21H23Cl2NO5/c1-12(2)7-19(21(27)28)24-11-18(20(25)26)13-3-5-16(6-4-13)29-17-9-14(22)8-15(23)10-17/h3-6,8-10,12,18-19,24H,7,11H2,1-2H3,(H,25,26)(H,27,28). The summed E-state index contributed by atoms with van der Waals surface area (Å²) in [5.74, 6) is -1.80. The number of hydrogen-bond acceptors (Lipinski definition) is 4. The lowest BCUT2D eigenvalue weighted by Gasteiger charge is -2.20. The van der Waals surface area contributed by atoms with Crippen LogP contribution in [0.15, 0.2) is 42.5 Å². The molecule has 0 fully saturated rings. The van der Waals surface area contributed by atoms with Crippen LogP contribution in [0.2, 0.25) is 10.0 Å². The quantitative estimate of drug-likeness (QED) is 0.479. The maximum Gasteiger partial charge on any atom is 0.320 e. The third kappa shape index (κ3) is 7.24. The lowest BCUT2D eigenvalue weighted by atomic mass is 9.97. The van der Waals surface area contributed by atoms with Crippen LogP contribution in [0.25, 0.3) is 0 Å². The minimum absolute atomic E-state index is 0.00310. The summed E-state index contributed by atoms with van der Waals surface area (Å²) < 4.78 is 5.70. The van der Waals surface area contributed by atoms with Crippen LogP contribution in [0.4, 0.5) is 0 Å². The molecule has 0 amide bonds. The summed E-state index contributed by atoms with van der Waals surface area (Å²) in [7, 11) is 0. The molecule has 29 heavy (non-hydrogen) atoms. The van der Waals surface area contributed by atoms with Gasteiger partial charge in [-0.25, -0.2) is 0 Å². The average molecular weight is 440 g/mol. The van der Waals surface area contributed by atoms with Crippen molar-refractivity contribution in [3.8, 4) is 11.5 Å². The van der Waals surface area contributed by atoms with E-state index in [4.69, 9.17) is 27.9 Å². The largest absolute Gasteiger partial charge is 0.481 e. The average Bonchev–Trinajstić information content (AvgIpc) is 2.60. The Morgan fingerprint density at radius 3 is 2.03 bits per heavy atom. The van der Waals surface area contributed by atoms with Gasteiger partial charge in [-0.15, -0.1) is 0 Å². The zero-order valence-electron chi connectivity index (χ0n) is 16.1. The molecule has 0 saturated carbocycles. The summed E-state index contributed by atoms with van der Waals surface area (Å²) in [4.78, 5) is 23.1. The summed E-state index contributed by atoms with van der Waals surface area (Å²) in [5.41, 5.74) is 0.537. The van der Waals surface area contributed by atoms with Crippen molar-refractivity contribution in [2.24, 2.45) is 5.92 Å². The second-order valence-corrected chi connectivity index (χ2v) is 7.97. The predicted octanol–water partition coefficient (Wildman–Crippen LogP) is 5.04. The van der Waals surface area contributed by atoms with Crippen molar-refractivity contribution in [1.82, 2.24) is 5.32 Å². The molecule has 0 aliphatic carbocycles. The Morgan fingerprint density at radius 1 is 0.966 bits per heavy atom. The van der Waals surface area contributed by atoms with E-state index in [1.807, 2.05) is 13.8 Å². The van der Waals surface area contributed by atoms with E-state index < -0.39 is 23.9 Å². The molecule has 3 N–H and O–H groups in total. The maximum atomic E-state index is 11.7. The van der Waals surface area contributed by atoms with E-state index >= 15 is 0 Å². The number of nitrogens with one attached hydrogen (secondary N) is 1. The fraction of sp³-hybridized carbons (Fsp3) is 0.333. The van der Waals surface area contributed by atoms with Gasteiger partial charge in [-0.3, -0.25) is 9.59 Å². The van der Waals surface area contributed by atoms with Gasteiger partial charge in [0.1, 0.15) is 17.5 Å². The molecule has 0 radical (unpaired) electrons. The van der Waals surface area contributed by atoms with E-state index in [1.54, 1.807) is 42.5 Å². The third-order valence-corrected chi connectivity index (χ3v) is 4.66. The molecule has 0 saturated heterocycles. The van der Waals surface area contributed by atoms with E-state index in [-0.39, 0.29) is 12.5 Å². The Labute approximate surface area is 179 Å². The van der Waals surface area contributed by atoms with Crippen molar-refractivity contribution in [3.63, 3.8) is 0 Å². The van der Waals surface area contributed by atoms with Gasteiger partial charge in [0, 0.05) is 16.6 Å². The van der Waals surface area contributed by atoms with E-state index in [1.165, 1.54) is 0 Å². The summed E-state index contributed by atoms with van der Waals surface area (Å²) in [6.07, 6.45) is 0.413. The zero-order chi connectivity index (χ0) is 21.6. The van der Waals surface area contributed by atoms with Crippen molar-refractivity contribution in [2.75, 3.05) is 6.54 Å². The SMILES string of the molecule is CC(C)CC(NCC(C(=O)O)c1ccc(Oc2cc(Cl)cc(Cl)c2)cc1)C(=O)O. The van der Waals surface area contributed by atoms with Crippen molar-refractivity contribution in [1.29, 1.82) is 0 Å². The van der Waals surface area contributed by atoms with E-state index in [0.29, 0.717) is 33.5 Å². The highest BCUT2D eigenvalue weighted by atomic mass is 35.5. The number of carbonyl (C=O) groups is 2. The van der Waals surface area contributed by atoms with Gasteiger partial charge in [-0.2, -0.15) is 0 Å². The van der Waals surface area contributed by atoms with Gasteiger partial charge in [-0.1, -0.05) is 49.2 Å². The van der Waals surface area contributed by atoms with Crippen molar-refractivity contribution < 1.29 is 24.5 Å². The van der Waals surface area contributed by atoms with Gasteiger partial charge in [0.05, 0.1) is 5.92 Å². The molecule has 0 aromatic heterocycles. The van der Waals surface area contributed by atoms with Crippen molar-refractivity contribution in [2.45, 2.75) is 32.2 Å². The second-order valence-electron chi connectivity index (χ2n) is 7.10. The molecular formula is C21H23Cl2NO5. The zero-order valence-corrected chi connectivity index (χ0v) is 17.6. The minimum atomic E-state index is -1.04. The number of halogens is 2. The Balaban J connectivity index is 2.09. The lowest BCUT2D eigenvalue weighted by molar-refractivity contribution is -0.142. The highest BCUT2D eigenvalue weighted by Crippen LogP contribution is 2.29. The number of benzene rings is 2. The summed E-state index contributed by atoms with van der Waals surface area (Å²) >= 11 is 11.9. The highest BCUT2D eigenvalue weighted by molar-refractivity contribution is 6.34. The molecule has 0 spiro atoms. The Hall–Kier alpha value is -2.28. The van der Waals surface area contributed by atoms with Crippen LogP contribution in [0, 0.1) is 5.92 Å². The molecule has 0 bridgehead atoms. The van der Waals surface area contributed by atoms with Gasteiger partial charge in [0.15, 0.2) is 0 Å². The summed E-state index contributed by atoms with van der Waals surface area (Å²) in [6.45, 7) is 3.83. The molecule has 2 atom stereocenters. The highest BCUT2D eigenvalue weighted by Gasteiger charge is 2.24. The molecule has 0 aliphatic heterocycles. The van der Waals surface area contributed by atoms with Crippen LogP contribution in [-0.4, -0.2) is 34.7 Å². The summed E-state index contributed by atoms with van der Waals surface area (Å²) in [6, 6.07) is 10.6. The molecule has 2 rings (SSSR count). The molecule has 2 unspecified atom stereocenters. The maximum absolute atomic E-state index is 11.7. The lowest BCUT2D eigenvalue weighted by Crippen LogP contribution is -2.41. The number of hydrogen-bond donors (Lipinski definition) is 3. The third-order valence-electron chi connectivity index (χ3n) is 4.23. The van der Waals surface area contributed by atoms with Crippen LogP contribution in [0.5, 0.6) is 11.5 Å².